The second-order valence-corrected chi connectivity index (χ2v) is 8.99. The highest BCUT2D eigenvalue weighted by molar-refractivity contribution is 5.69. The number of hydrogen-bond acceptors (Lipinski definition) is 6. The van der Waals surface area contributed by atoms with Crippen LogP contribution in [0.15, 0.2) is 54.6 Å². The van der Waals surface area contributed by atoms with Gasteiger partial charge in [-0.1, -0.05) is 18.2 Å². The number of nitrogen functional groups attached to an aromatic ring is 1. The van der Waals surface area contributed by atoms with Crippen molar-refractivity contribution in [2.75, 3.05) is 18.8 Å². The Morgan fingerprint density at radius 3 is 2.42 bits per heavy atom. The molecule has 1 aromatic heterocycles. The van der Waals surface area contributed by atoms with E-state index in [9.17, 15) is 10.1 Å². The number of anilines is 1. The van der Waals surface area contributed by atoms with Gasteiger partial charge in [0.15, 0.2) is 5.69 Å². The molecule has 4 rings (SSSR count). The molecule has 2 heterocycles. The number of para-hydroxylation sites is 1. The van der Waals surface area contributed by atoms with Crippen molar-refractivity contribution in [1.82, 2.24) is 14.7 Å². The third-order valence-corrected chi connectivity index (χ3v) is 5.34. The number of hydrogen-bond donors (Lipinski definition) is 1. The molecule has 1 amide bonds. The molecule has 0 spiro atoms. The van der Waals surface area contributed by atoms with Crippen molar-refractivity contribution in [3.8, 4) is 23.3 Å². The van der Waals surface area contributed by atoms with E-state index in [-0.39, 0.29) is 17.7 Å². The minimum Gasteiger partial charge on any atom is -0.457 e. The lowest BCUT2D eigenvalue weighted by Crippen LogP contribution is -2.35. The number of ether oxygens (including phenoxy) is 2. The molecule has 2 N–H and O–H groups in total. The van der Waals surface area contributed by atoms with Gasteiger partial charge >= 0.3 is 6.09 Å². The third-order valence-electron chi connectivity index (χ3n) is 5.34. The van der Waals surface area contributed by atoms with Crippen molar-refractivity contribution < 1.29 is 14.3 Å². The van der Waals surface area contributed by atoms with Crippen LogP contribution in [0, 0.1) is 11.3 Å². The molecule has 0 bridgehead atoms. The van der Waals surface area contributed by atoms with Gasteiger partial charge in [0, 0.05) is 19.0 Å². The van der Waals surface area contributed by atoms with Crippen LogP contribution in [-0.2, 0) is 4.74 Å². The predicted octanol–water partition coefficient (Wildman–Crippen LogP) is 4.84. The Hall–Kier alpha value is -3.99. The maximum Gasteiger partial charge on any atom is 0.410 e. The largest absolute Gasteiger partial charge is 0.457 e. The number of nitriles is 1. The van der Waals surface area contributed by atoms with Crippen molar-refractivity contribution in [3.63, 3.8) is 0 Å². The van der Waals surface area contributed by atoms with Crippen molar-refractivity contribution in [3.05, 3.63) is 66.0 Å². The molecule has 1 fully saturated rings. The summed E-state index contributed by atoms with van der Waals surface area (Å²) < 4.78 is 12.9. The monoisotopic (exact) mass is 445 g/mol. The highest BCUT2D eigenvalue weighted by Crippen LogP contribution is 2.34. The minimum atomic E-state index is -0.555. The fraction of sp³-hybridized carbons (Fsp3) is 0.320. The first kappa shape index (κ1) is 22.2. The summed E-state index contributed by atoms with van der Waals surface area (Å²) in [6, 6.07) is 19.0. The number of nitrogens with two attached hydrogens (primary N) is 1. The first-order valence-electron chi connectivity index (χ1n) is 10.8. The Bertz CT molecular complexity index is 1170. The smallest absolute Gasteiger partial charge is 0.410 e. The molecule has 0 saturated carbocycles. The first-order chi connectivity index (χ1) is 15.7. The molecule has 1 atom stereocenters. The number of benzene rings is 2. The highest BCUT2D eigenvalue weighted by Gasteiger charge is 2.34. The van der Waals surface area contributed by atoms with E-state index in [0.29, 0.717) is 42.3 Å². The van der Waals surface area contributed by atoms with Crippen LogP contribution in [0.5, 0.6) is 11.5 Å². The second kappa shape index (κ2) is 8.87. The van der Waals surface area contributed by atoms with Crippen LogP contribution >= 0.6 is 0 Å². The molecule has 1 aliphatic heterocycles. The Morgan fingerprint density at radius 1 is 1.12 bits per heavy atom. The molecule has 3 aromatic rings. The van der Waals surface area contributed by atoms with Gasteiger partial charge in [-0.2, -0.15) is 10.4 Å². The standard InChI is InChI=1S/C25H27N5O3/c1-25(2,3)33-24(31)29-14-13-17(16-29)23-22(27)21(15-26)30(28-23)18-9-11-20(12-10-18)32-19-7-5-4-6-8-19/h4-12,17H,13-14,16,27H2,1-3H3/t17-/m1/s1. The molecule has 0 aliphatic carbocycles. The van der Waals surface area contributed by atoms with Gasteiger partial charge in [-0.3, -0.25) is 0 Å². The molecule has 2 aromatic carbocycles. The van der Waals surface area contributed by atoms with Gasteiger partial charge in [0.25, 0.3) is 0 Å². The van der Waals surface area contributed by atoms with Gasteiger partial charge in [0.1, 0.15) is 23.2 Å². The van der Waals surface area contributed by atoms with E-state index >= 15 is 0 Å². The summed E-state index contributed by atoms with van der Waals surface area (Å²) in [7, 11) is 0. The summed E-state index contributed by atoms with van der Waals surface area (Å²) in [6.07, 6.45) is 0.354. The number of likely N-dealkylation sites (tertiary alicyclic amines) is 1. The van der Waals surface area contributed by atoms with E-state index in [1.165, 1.54) is 0 Å². The molecular weight excluding hydrogens is 418 g/mol. The van der Waals surface area contributed by atoms with Crippen LogP contribution in [0.25, 0.3) is 5.69 Å². The van der Waals surface area contributed by atoms with E-state index in [4.69, 9.17) is 15.2 Å². The second-order valence-electron chi connectivity index (χ2n) is 8.99. The van der Waals surface area contributed by atoms with Gasteiger partial charge < -0.3 is 20.1 Å². The fourth-order valence-electron chi connectivity index (χ4n) is 3.80. The van der Waals surface area contributed by atoms with E-state index in [1.807, 2.05) is 75.4 Å². The van der Waals surface area contributed by atoms with Crippen LogP contribution in [0.3, 0.4) is 0 Å². The van der Waals surface area contributed by atoms with Crippen molar-refractivity contribution in [1.29, 1.82) is 5.26 Å². The summed E-state index contributed by atoms with van der Waals surface area (Å²) in [4.78, 5) is 14.1. The van der Waals surface area contributed by atoms with Gasteiger partial charge in [-0.15, -0.1) is 0 Å². The maximum absolute atomic E-state index is 12.4. The lowest BCUT2D eigenvalue weighted by molar-refractivity contribution is 0.0292. The third kappa shape index (κ3) is 4.93. The average Bonchev–Trinajstić information content (AvgIpc) is 3.38. The van der Waals surface area contributed by atoms with Crippen LogP contribution in [0.4, 0.5) is 10.5 Å². The summed E-state index contributed by atoms with van der Waals surface area (Å²) in [5.41, 5.74) is 7.72. The highest BCUT2D eigenvalue weighted by atomic mass is 16.6. The van der Waals surface area contributed by atoms with Gasteiger partial charge in [-0.05, 0) is 63.6 Å². The van der Waals surface area contributed by atoms with E-state index < -0.39 is 5.60 Å². The van der Waals surface area contributed by atoms with Gasteiger partial charge in [-0.25, -0.2) is 9.48 Å². The molecule has 0 radical (unpaired) electrons. The van der Waals surface area contributed by atoms with Crippen LogP contribution in [0.2, 0.25) is 0 Å². The van der Waals surface area contributed by atoms with Crippen molar-refractivity contribution in [2.24, 2.45) is 0 Å². The summed E-state index contributed by atoms with van der Waals surface area (Å²) in [6.45, 7) is 6.53. The van der Waals surface area contributed by atoms with Gasteiger partial charge in [0.2, 0.25) is 0 Å². The topological polar surface area (TPSA) is 106 Å². The minimum absolute atomic E-state index is 0.0634. The van der Waals surface area contributed by atoms with Gasteiger partial charge in [0.05, 0.1) is 17.1 Å². The number of carbonyl (C=O) groups is 1. The Kier molecular flexibility index (Phi) is 5.97. The molecule has 170 valence electrons. The van der Waals surface area contributed by atoms with Crippen molar-refractivity contribution >= 4 is 11.8 Å². The van der Waals surface area contributed by atoms with E-state index in [1.54, 1.807) is 9.58 Å². The summed E-state index contributed by atoms with van der Waals surface area (Å²) >= 11 is 0. The number of rotatable bonds is 4. The number of carbonyl (C=O) groups excluding carboxylic acids is 1. The molecule has 1 saturated heterocycles. The van der Waals surface area contributed by atoms with Crippen LogP contribution in [0.1, 0.15) is 44.5 Å². The molecule has 1 aliphatic rings. The molecule has 33 heavy (non-hydrogen) atoms. The normalized spacial score (nSPS) is 15.8. The predicted molar refractivity (Wildman–Crippen MR) is 124 cm³/mol. The Balaban J connectivity index is 1.53. The number of aromatic nitrogens is 2. The zero-order valence-corrected chi connectivity index (χ0v) is 19.0. The Morgan fingerprint density at radius 2 is 1.79 bits per heavy atom. The van der Waals surface area contributed by atoms with E-state index in [0.717, 1.165) is 5.75 Å². The molecule has 8 nitrogen and oxygen atoms in total. The lowest BCUT2D eigenvalue weighted by Gasteiger charge is -2.24. The first-order valence-corrected chi connectivity index (χ1v) is 10.8. The summed E-state index contributed by atoms with van der Waals surface area (Å²) in [5, 5.41) is 14.4. The number of amides is 1. The molecule has 8 heteroatoms. The van der Waals surface area contributed by atoms with Crippen molar-refractivity contribution in [2.45, 2.75) is 38.7 Å². The average molecular weight is 446 g/mol. The van der Waals surface area contributed by atoms with Crippen LogP contribution < -0.4 is 10.5 Å². The maximum atomic E-state index is 12.4. The SMILES string of the molecule is CC(C)(C)OC(=O)N1CC[C@@H](c2nn(-c3ccc(Oc4ccccc4)cc3)c(C#N)c2N)C1. The molecular formula is C25H27N5O3. The lowest BCUT2D eigenvalue weighted by atomic mass is 10.0. The zero-order valence-electron chi connectivity index (χ0n) is 19.0. The zero-order chi connectivity index (χ0) is 23.6. The van der Waals surface area contributed by atoms with E-state index in [2.05, 4.69) is 11.2 Å². The molecule has 0 unspecified atom stereocenters. The number of nitrogens with zero attached hydrogens (tertiary/aromatic N) is 4. The Labute approximate surface area is 193 Å². The quantitative estimate of drug-likeness (QED) is 0.616. The summed E-state index contributed by atoms with van der Waals surface area (Å²) in [5.74, 6) is 1.35. The van der Waals surface area contributed by atoms with Crippen LogP contribution in [-0.4, -0.2) is 39.5 Å². The fourth-order valence-corrected chi connectivity index (χ4v) is 3.80.